The third-order valence-corrected chi connectivity index (χ3v) is 3.39. The van der Waals surface area contributed by atoms with Crippen LogP contribution in [0.4, 0.5) is 5.82 Å². The van der Waals surface area contributed by atoms with Gasteiger partial charge in [0.2, 0.25) is 0 Å². The Morgan fingerprint density at radius 3 is 3.12 bits per heavy atom. The fourth-order valence-electron chi connectivity index (χ4n) is 2.15. The van der Waals surface area contributed by atoms with Crippen LogP contribution >= 0.6 is 11.6 Å². The lowest BCUT2D eigenvalue weighted by molar-refractivity contribution is 0.266. The average molecular weight is 255 g/mol. The van der Waals surface area contributed by atoms with Gasteiger partial charge in [0.05, 0.1) is 17.7 Å². The second-order valence-corrected chi connectivity index (χ2v) is 4.46. The second kappa shape index (κ2) is 4.89. The number of rotatable bonds is 3. The molecule has 1 aromatic heterocycles. The van der Waals surface area contributed by atoms with Crippen molar-refractivity contribution >= 4 is 23.3 Å². The summed E-state index contributed by atoms with van der Waals surface area (Å²) in [6, 6.07) is 1.68. The predicted octanol–water partition coefficient (Wildman–Crippen LogP) is 0.980. The summed E-state index contributed by atoms with van der Waals surface area (Å²) >= 11 is 6.20. The molecule has 0 radical (unpaired) electrons. The number of nitrogens with zero attached hydrogens (tertiary/aromatic N) is 2. The number of hydrogen-bond donors (Lipinski definition) is 3. The van der Waals surface area contributed by atoms with Crippen molar-refractivity contribution in [1.29, 1.82) is 5.41 Å². The quantitative estimate of drug-likeness (QED) is 0.554. The number of aromatic nitrogens is 1. The molecule has 1 aliphatic rings. The van der Waals surface area contributed by atoms with E-state index in [9.17, 15) is 5.11 Å². The Balaban J connectivity index is 2.38. The van der Waals surface area contributed by atoms with Gasteiger partial charge in [-0.2, -0.15) is 0 Å². The van der Waals surface area contributed by atoms with Crippen molar-refractivity contribution in [3.63, 3.8) is 0 Å². The molecule has 6 heteroatoms. The molecule has 92 valence electrons. The maximum atomic E-state index is 9.29. The van der Waals surface area contributed by atoms with E-state index in [-0.39, 0.29) is 18.5 Å². The van der Waals surface area contributed by atoms with Crippen LogP contribution < -0.4 is 10.6 Å². The predicted molar refractivity (Wildman–Crippen MR) is 67.7 cm³/mol. The van der Waals surface area contributed by atoms with E-state index in [0.717, 1.165) is 19.4 Å². The van der Waals surface area contributed by atoms with Crippen molar-refractivity contribution in [2.24, 2.45) is 5.73 Å². The van der Waals surface area contributed by atoms with E-state index in [0.29, 0.717) is 16.4 Å². The number of hydrogen-bond acceptors (Lipinski definition) is 4. The van der Waals surface area contributed by atoms with Gasteiger partial charge in [-0.25, -0.2) is 4.98 Å². The average Bonchev–Trinajstić information content (AvgIpc) is 2.76. The Hall–Kier alpha value is -1.33. The zero-order valence-corrected chi connectivity index (χ0v) is 10.1. The lowest BCUT2D eigenvalue weighted by atomic mass is 10.2. The molecule has 0 saturated carbocycles. The Labute approximate surface area is 105 Å². The molecule has 1 aromatic rings. The first-order valence-electron chi connectivity index (χ1n) is 5.51. The van der Waals surface area contributed by atoms with Crippen LogP contribution in [0.3, 0.4) is 0 Å². The number of amidine groups is 1. The molecule has 1 unspecified atom stereocenters. The molecule has 5 nitrogen and oxygen atoms in total. The van der Waals surface area contributed by atoms with Gasteiger partial charge in [0.1, 0.15) is 11.7 Å². The molecule has 2 rings (SSSR count). The van der Waals surface area contributed by atoms with E-state index in [1.807, 2.05) is 4.90 Å². The molecule has 1 saturated heterocycles. The van der Waals surface area contributed by atoms with Crippen molar-refractivity contribution in [2.75, 3.05) is 18.1 Å². The summed E-state index contributed by atoms with van der Waals surface area (Å²) in [7, 11) is 0. The van der Waals surface area contributed by atoms with Gasteiger partial charge in [-0.05, 0) is 18.9 Å². The second-order valence-electron chi connectivity index (χ2n) is 4.08. The Bertz CT molecular complexity index is 437. The minimum absolute atomic E-state index is 0.0576. The van der Waals surface area contributed by atoms with E-state index in [2.05, 4.69) is 4.98 Å². The minimum Gasteiger partial charge on any atom is -0.394 e. The van der Waals surface area contributed by atoms with Crippen molar-refractivity contribution in [1.82, 2.24) is 4.98 Å². The molecule has 4 N–H and O–H groups in total. The summed E-state index contributed by atoms with van der Waals surface area (Å²) in [4.78, 5) is 6.21. The van der Waals surface area contributed by atoms with Gasteiger partial charge in [-0.3, -0.25) is 5.41 Å². The third-order valence-electron chi connectivity index (χ3n) is 3.02. The zero-order valence-electron chi connectivity index (χ0n) is 9.36. The number of halogens is 1. The normalized spacial score (nSPS) is 19.6. The molecule has 0 spiro atoms. The molecule has 0 bridgehead atoms. The van der Waals surface area contributed by atoms with E-state index >= 15 is 0 Å². The number of pyridine rings is 1. The van der Waals surface area contributed by atoms with Gasteiger partial charge in [0.25, 0.3) is 0 Å². The van der Waals surface area contributed by atoms with Crippen LogP contribution in [0.25, 0.3) is 0 Å². The molecule has 1 fully saturated rings. The first-order chi connectivity index (χ1) is 8.15. The molecule has 0 amide bonds. The highest BCUT2D eigenvalue weighted by Crippen LogP contribution is 2.31. The monoisotopic (exact) mass is 254 g/mol. The van der Waals surface area contributed by atoms with E-state index in [1.54, 1.807) is 12.3 Å². The summed E-state index contributed by atoms with van der Waals surface area (Å²) < 4.78 is 0. The Morgan fingerprint density at radius 1 is 1.71 bits per heavy atom. The highest BCUT2D eigenvalue weighted by atomic mass is 35.5. The van der Waals surface area contributed by atoms with Gasteiger partial charge >= 0.3 is 0 Å². The maximum Gasteiger partial charge on any atom is 0.148 e. The molecular weight excluding hydrogens is 240 g/mol. The van der Waals surface area contributed by atoms with Crippen LogP contribution in [0.5, 0.6) is 0 Å². The maximum absolute atomic E-state index is 9.29. The number of nitrogens with one attached hydrogen (secondary N) is 1. The molecule has 1 aliphatic heterocycles. The van der Waals surface area contributed by atoms with Crippen molar-refractivity contribution < 1.29 is 5.11 Å². The van der Waals surface area contributed by atoms with E-state index < -0.39 is 0 Å². The molecule has 1 atom stereocenters. The Morgan fingerprint density at radius 2 is 2.47 bits per heavy atom. The lowest BCUT2D eigenvalue weighted by Gasteiger charge is -2.25. The van der Waals surface area contributed by atoms with Crippen LogP contribution in [0.1, 0.15) is 18.4 Å². The number of nitrogens with two attached hydrogens (primary N) is 1. The van der Waals surface area contributed by atoms with E-state index in [1.165, 1.54) is 0 Å². The largest absolute Gasteiger partial charge is 0.394 e. The highest BCUT2D eigenvalue weighted by Gasteiger charge is 2.27. The SMILES string of the molecule is N=C(N)c1ccnc(N2CCCC2CO)c1Cl. The summed E-state index contributed by atoms with van der Waals surface area (Å²) in [6.45, 7) is 0.904. The van der Waals surface area contributed by atoms with Crippen molar-refractivity contribution in [3.8, 4) is 0 Å². The van der Waals surface area contributed by atoms with Gasteiger partial charge in [0.15, 0.2) is 0 Å². The van der Waals surface area contributed by atoms with Gasteiger partial charge in [-0.1, -0.05) is 11.6 Å². The first kappa shape index (κ1) is 12.1. The molecular formula is C11H15ClN4O. The topological polar surface area (TPSA) is 86.2 Å². The number of aliphatic hydroxyl groups excluding tert-OH is 1. The summed E-state index contributed by atoms with van der Waals surface area (Å²) in [5.74, 6) is 0.536. The van der Waals surface area contributed by atoms with Crippen LogP contribution in [0.15, 0.2) is 12.3 Å². The molecule has 0 aliphatic carbocycles. The number of anilines is 1. The fraction of sp³-hybridized carbons (Fsp3) is 0.455. The number of nitrogen functional groups attached to an aromatic ring is 1. The van der Waals surface area contributed by atoms with E-state index in [4.69, 9.17) is 22.7 Å². The molecule has 17 heavy (non-hydrogen) atoms. The van der Waals surface area contributed by atoms with Gasteiger partial charge in [-0.15, -0.1) is 0 Å². The third kappa shape index (κ3) is 2.21. The summed E-state index contributed by atoms with van der Waals surface area (Å²) in [5.41, 5.74) is 5.94. The lowest BCUT2D eigenvalue weighted by Crippen LogP contribution is -2.33. The van der Waals surface area contributed by atoms with Crippen molar-refractivity contribution in [2.45, 2.75) is 18.9 Å². The van der Waals surface area contributed by atoms with Crippen LogP contribution in [-0.2, 0) is 0 Å². The zero-order chi connectivity index (χ0) is 12.4. The Kier molecular flexibility index (Phi) is 3.49. The number of aliphatic hydroxyl groups is 1. The first-order valence-corrected chi connectivity index (χ1v) is 5.89. The van der Waals surface area contributed by atoms with Gasteiger partial charge < -0.3 is 15.7 Å². The fourth-order valence-corrected chi connectivity index (χ4v) is 2.47. The van der Waals surface area contributed by atoms with Crippen molar-refractivity contribution in [3.05, 3.63) is 22.8 Å². The minimum atomic E-state index is -0.0709. The van der Waals surface area contributed by atoms with Crippen LogP contribution in [-0.4, -0.2) is 35.1 Å². The standard InChI is InChI=1S/C11H15ClN4O/c12-9-8(10(13)14)3-4-15-11(9)16-5-1-2-7(16)6-17/h3-4,7,17H,1-2,5-6H2,(H3,13,14). The highest BCUT2D eigenvalue weighted by molar-refractivity contribution is 6.36. The molecule has 2 heterocycles. The smallest absolute Gasteiger partial charge is 0.148 e. The van der Waals surface area contributed by atoms with Crippen LogP contribution in [0, 0.1) is 5.41 Å². The van der Waals surface area contributed by atoms with Crippen LogP contribution in [0.2, 0.25) is 5.02 Å². The summed E-state index contributed by atoms with van der Waals surface area (Å²) in [6.07, 6.45) is 3.52. The summed E-state index contributed by atoms with van der Waals surface area (Å²) in [5, 5.41) is 17.1. The molecule has 0 aromatic carbocycles. The van der Waals surface area contributed by atoms with Gasteiger partial charge in [0, 0.05) is 18.3 Å².